The maximum absolute atomic E-state index is 5.91. The maximum Gasteiger partial charge on any atom is 0.0931 e. The van der Waals surface area contributed by atoms with E-state index in [0.717, 1.165) is 17.3 Å². The summed E-state index contributed by atoms with van der Waals surface area (Å²) in [4.78, 5) is 3.91. The topological polar surface area (TPSA) is 15.3 Å². The zero-order chi connectivity index (χ0) is 12.1. The molecule has 2 nitrogen and oxygen atoms in total. The van der Waals surface area contributed by atoms with E-state index >= 15 is 0 Å². The summed E-state index contributed by atoms with van der Waals surface area (Å²) in [6.45, 7) is 7.01. The van der Waals surface area contributed by atoms with Crippen molar-refractivity contribution in [3.63, 3.8) is 0 Å². The van der Waals surface area contributed by atoms with Crippen LogP contribution in [0.4, 0.5) is 0 Å². The average Bonchev–Trinajstić information content (AvgIpc) is 2.76. The average molecular weight is 273 g/mol. The van der Waals surface area contributed by atoms with Crippen LogP contribution in [0.15, 0.2) is 12.1 Å². The van der Waals surface area contributed by atoms with Gasteiger partial charge in [0.25, 0.3) is 0 Å². The van der Waals surface area contributed by atoms with E-state index in [1.807, 2.05) is 6.07 Å². The van der Waals surface area contributed by atoms with Crippen LogP contribution in [0.25, 0.3) is 0 Å². The first-order chi connectivity index (χ1) is 8.28. The molecule has 1 N–H and O–H groups in total. The van der Waals surface area contributed by atoms with Gasteiger partial charge in [0.15, 0.2) is 0 Å². The van der Waals surface area contributed by atoms with Crippen LogP contribution in [0.5, 0.6) is 0 Å². The van der Waals surface area contributed by atoms with Crippen molar-refractivity contribution in [2.24, 2.45) is 0 Å². The second-order valence-electron chi connectivity index (χ2n) is 4.62. The van der Waals surface area contributed by atoms with Crippen molar-refractivity contribution in [3.8, 4) is 0 Å². The number of likely N-dealkylation sites (tertiary alicyclic amines) is 1. The third kappa shape index (κ3) is 4.25. The summed E-state index contributed by atoms with van der Waals surface area (Å²) in [5, 5.41) is 3.66. The molecule has 17 heavy (non-hydrogen) atoms. The highest BCUT2D eigenvalue weighted by molar-refractivity contribution is 7.16. The lowest BCUT2D eigenvalue weighted by Gasteiger charge is -2.31. The lowest BCUT2D eigenvalue weighted by molar-refractivity contribution is 0.207. The van der Waals surface area contributed by atoms with Crippen molar-refractivity contribution in [2.45, 2.75) is 32.2 Å². The highest BCUT2D eigenvalue weighted by atomic mass is 35.5. The molecule has 96 valence electrons. The third-order valence-corrected chi connectivity index (χ3v) is 4.76. The molecule has 0 radical (unpaired) electrons. The second kappa shape index (κ2) is 6.74. The molecule has 0 aliphatic carbocycles. The van der Waals surface area contributed by atoms with Gasteiger partial charge in [0.2, 0.25) is 0 Å². The Morgan fingerprint density at radius 1 is 1.41 bits per heavy atom. The predicted molar refractivity (Wildman–Crippen MR) is 76.2 cm³/mol. The zero-order valence-electron chi connectivity index (χ0n) is 10.4. The fourth-order valence-electron chi connectivity index (χ4n) is 2.34. The Bertz CT molecular complexity index is 332. The molecule has 0 unspecified atom stereocenters. The predicted octanol–water partition coefficient (Wildman–Crippen LogP) is 3.02. The lowest BCUT2D eigenvalue weighted by atomic mass is 10.1. The van der Waals surface area contributed by atoms with Gasteiger partial charge in [-0.05, 0) is 51.0 Å². The number of rotatable bonds is 5. The molecule has 2 rings (SSSR count). The van der Waals surface area contributed by atoms with Crippen molar-refractivity contribution in [2.75, 3.05) is 26.2 Å². The summed E-state index contributed by atoms with van der Waals surface area (Å²) in [6, 6.07) is 4.84. The minimum Gasteiger partial charge on any atom is -0.314 e. The van der Waals surface area contributed by atoms with Crippen LogP contribution in [-0.4, -0.2) is 37.1 Å². The molecule has 1 fully saturated rings. The van der Waals surface area contributed by atoms with Crippen LogP contribution in [0.1, 0.15) is 24.6 Å². The Kier molecular flexibility index (Phi) is 5.29. The van der Waals surface area contributed by atoms with Gasteiger partial charge in [0, 0.05) is 17.5 Å². The molecule has 0 spiro atoms. The van der Waals surface area contributed by atoms with Crippen LogP contribution < -0.4 is 5.32 Å². The Hall–Kier alpha value is -0.0900. The van der Waals surface area contributed by atoms with Gasteiger partial charge in [-0.25, -0.2) is 0 Å². The van der Waals surface area contributed by atoms with Gasteiger partial charge in [-0.15, -0.1) is 11.3 Å². The standard InChI is InChI=1S/C13H21ClN2S/c1-2-16-9-6-11(7-10-16)15-8-5-12-3-4-13(14)17-12/h3-4,11,15H,2,5-10H2,1H3. The van der Waals surface area contributed by atoms with E-state index in [0.29, 0.717) is 6.04 Å². The Morgan fingerprint density at radius 2 is 2.18 bits per heavy atom. The summed E-state index contributed by atoms with van der Waals surface area (Å²) in [6.07, 6.45) is 3.68. The van der Waals surface area contributed by atoms with E-state index < -0.39 is 0 Å². The van der Waals surface area contributed by atoms with E-state index in [2.05, 4.69) is 23.2 Å². The van der Waals surface area contributed by atoms with E-state index in [-0.39, 0.29) is 0 Å². The van der Waals surface area contributed by atoms with Crippen molar-refractivity contribution in [3.05, 3.63) is 21.3 Å². The molecule has 0 atom stereocenters. The molecule has 1 aromatic rings. The summed E-state index contributed by atoms with van der Waals surface area (Å²) < 4.78 is 0.899. The molecule has 1 saturated heterocycles. The summed E-state index contributed by atoms with van der Waals surface area (Å²) in [7, 11) is 0. The molecular formula is C13H21ClN2S. The fraction of sp³-hybridized carbons (Fsp3) is 0.692. The van der Waals surface area contributed by atoms with Crippen LogP contribution in [-0.2, 0) is 6.42 Å². The van der Waals surface area contributed by atoms with Gasteiger partial charge in [-0.1, -0.05) is 18.5 Å². The maximum atomic E-state index is 5.91. The first-order valence-electron chi connectivity index (χ1n) is 6.48. The summed E-state index contributed by atoms with van der Waals surface area (Å²) in [5.74, 6) is 0. The first kappa shape index (κ1) is 13.3. The van der Waals surface area contributed by atoms with Gasteiger partial charge >= 0.3 is 0 Å². The van der Waals surface area contributed by atoms with E-state index in [1.165, 1.54) is 37.4 Å². The minimum atomic E-state index is 0.716. The van der Waals surface area contributed by atoms with Crippen molar-refractivity contribution in [1.82, 2.24) is 10.2 Å². The van der Waals surface area contributed by atoms with Crippen LogP contribution in [0.3, 0.4) is 0 Å². The van der Waals surface area contributed by atoms with Gasteiger partial charge in [-0.3, -0.25) is 0 Å². The largest absolute Gasteiger partial charge is 0.314 e. The minimum absolute atomic E-state index is 0.716. The molecule has 4 heteroatoms. The molecule has 1 aliphatic heterocycles. The summed E-state index contributed by atoms with van der Waals surface area (Å²) in [5.41, 5.74) is 0. The third-order valence-electron chi connectivity index (χ3n) is 3.47. The molecule has 0 amide bonds. The normalized spacial score (nSPS) is 18.7. The monoisotopic (exact) mass is 272 g/mol. The van der Waals surface area contributed by atoms with E-state index in [4.69, 9.17) is 11.6 Å². The number of nitrogens with zero attached hydrogens (tertiary/aromatic N) is 1. The lowest BCUT2D eigenvalue weighted by Crippen LogP contribution is -2.42. The molecule has 0 bridgehead atoms. The van der Waals surface area contributed by atoms with Crippen LogP contribution >= 0.6 is 22.9 Å². The second-order valence-corrected chi connectivity index (χ2v) is 6.42. The number of nitrogens with one attached hydrogen (secondary N) is 1. The van der Waals surface area contributed by atoms with Gasteiger partial charge in [0.1, 0.15) is 0 Å². The van der Waals surface area contributed by atoms with E-state index in [1.54, 1.807) is 11.3 Å². The van der Waals surface area contributed by atoms with Crippen LogP contribution in [0.2, 0.25) is 4.34 Å². The quantitative estimate of drug-likeness (QED) is 0.886. The van der Waals surface area contributed by atoms with Gasteiger partial charge in [-0.2, -0.15) is 0 Å². The smallest absolute Gasteiger partial charge is 0.0931 e. The number of hydrogen-bond acceptors (Lipinski definition) is 3. The molecule has 0 saturated carbocycles. The van der Waals surface area contributed by atoms with Gasteiger partial charge < -0.3 is 10.2 Å². The number of hydrogen-bond donors (Lipinski definition) is 1. The van der Waals surface area contributed by atoms with Crippen molar-refractivity contribution >= 4 is 22.9 Å². The molecule has 2 heterocycles. The molecule has 1 aliphatic rings. The molecule has 1 aromatic heterocycles. The molecular weight excluding hydrogens is 252 g/mol. The first-order valence-corrected chi connectivity index (χ1v) is 7.67. The zero-order valence-corrected chi connectivity index (χ0v) is 12.0. The molecule has 0 aromatic carbocycles. The summed E-state index contributed by atoms with van der Waals surface area (Å²) >= 11 is 7.61. The van der Waals surface area contributed by atoms with Crippen LogP contribution in [0, 0.1) is 0 Å². The Morgan fingerprint density at radius 3 is 2.76 bits per heavy atom. The SMILES string of the molecule is CCN1CCC(NCCc2ccc(Cl)s2)CC1. The Labute approximate surface area is 113 Å². The van der Waals surface area contributed by atoms with Crippen molar-refractivity contribution in [1.29, 1.82) is 0 Å². The number of thiophene rings is 1. The van der Waals surface area contributed by atoms with E-state index in [9.17, 15) is 0 Å². The van der Waals surface area contributed by atoms with Crippen molar-refractivity contribution < 1.29 is 0 Å². The fourth-order valence-corrected chi connectivity index (χ4v) is 3.43. The number of halogens is 1. The Balaban J connectivity index is 1.63. The highest BCUT2D eigenvalue weighted by Gasteiger charge is 2.16. The van der Waals surface area contributed by atoms with Gasteiger partial charge in [0.05, 0.1) is 4.34 Å². The highest BCUT2D eigenvalue weighted by Crippen LogP contribution is 2.21. The number of piperidine rings is 1.